The molecule has 0 aliphatic carbocycles. The van der Waals surface area contributed by atoms with Crippen molar-refractivity contribution >= 4 is 35.0 Å². The molecule has 1 aliphatic rings. The van der Waals surface area contributed by atoms with Crippen LogP contribution in [0.5, 0.6) is 0 Å². The molecule has 6 heteroatoms. The van der Waals surface area contributed by atoms with Crippen LogP contribution in [0.2, 0.25) is 5.02 Å². The van der Waals surface area contributed by atoms with Crippen molar-refractivity contribution in [2.24, 2.45) is 0 Å². The van der Waals surface area contributed by atoms with E-state index in [0.717, 1.165) is 29.1 Å². The SMILES string of the molecule is CCCC(=O)Nc1ccc(Sc2cccc(C3(OC)CCOCC3)c2)cc1Cl. The summed E-state index contributed by atoms with van der Waals surface area (Å²) >= 11 is 8.02. The summed E-state index contributed by atoms with van der Waals surface area (Å²) in [7, 11) is 1.77. The molecule has 28 heavy (non-hydrogen) atoms. The van der Waals surface area contributed by atoms with Gasteiger partial charge in [-0.25, -0.2) is 0 Å². The molecule has 1 fully saturated rings. The number of ether oxygens (including phenoxy) is 2. The van der Waals surface area contributed by atoms with Gasteiger partial charge in [-0.05, 0) is 42.3 Å². The summed E-state index contributed by atoms with van der Waals surface area (Å²) in [5, 5.41) is 3.40. The van der Waals surface area contributed by atoms with Crippen molar-refractivity contribution in [3.63, 3.8) is 0 Å². The van der Waals surface area contributed by atoms with Gasteiger partial charge in [0.15, 0.2) is 0 Å². The van der Waals surface area contributed by atoms with Crippen molar-refractivity contribution in [1.82, 2.24) is 0 Å². The first-order chi connectivity index (χ1) is 13.6. The first-order valence-corrected chi connectivity index (χ1v) is 10.8. The fourth-order valence-corrected chi connectivity index (χ4v) is 4.60. The van der Waals surface area contributed by atoms with E-state index in [9.17, 15) is 4.79 Å². The monoisotopic (exact) mass is 419 g/mol. The van der Waals surface area contributed by atoms with Crippen LogP contribution >= 0.6 is 23.4 Å². The molecule has 1 heterocycles. The number of hydrogen-bond acceptors (Lipinski definition) is 4. The maximum Gasteiger partial charge on any atom is 0.224 e. The largest absolute Gasteiger partial charge is 0.381 e. The second-order valence-electron chi connectivity index (χ2n) is 6.88. The molecule has 2 aromatic carbocycles. The Balaban J connectivity index is 1.75. The van der Waals surface area contributed by atoms with Gasteiger partial charge in [0.2, 0.25) is 5.91 Å². The number of halogens is 1. The third-order valence-corrected chi connectivity index (χ3v) is 6.27. The van der Waals surface area contributed by atoms with Crippen LogP contribution in [-0.4, -0.2) is 26.2 Å². The van der Waals surface area contributed by atoms with Crippen LogP contribution in [0.1, 0.15) is 38.2 Å². The molecule has 2 aromatic rings. The van der Waals surface area contributed by atoms with Gasteiger partial charge in [-0.15, -0.1) is 0 Å². The number of anilines is 1. The molecule has 0 aromatic heterocycles. The van der Waals surface area contributed by atoms with Crippen LogP contribution in [0.4, 0.5) is 5.69 Å². The lowest BCUT2D eigenvalue weighted by atomic mass is 9.86. The fraction of sp³-hybridized carbons (Fsp3) is 0.409. The van der Waals surface area contributed by atoms with Gasteiger partial charge in [-0.2, -0.15) is 0 Å². The topological polar surface area (TPSA) is 47.6 Å². The summed E-state index contributed by atoms with van der Waals surface area (Å²) in [6.45, 7) is 3.40. The van der Waals surface area contributed by atoms with E-state index in [1.54, 1.807) is 18.9 Å². The lowest BCUT2D eigenvalue weighted by molar-refractivity contribution is -0.116. The fourth-order valence-electron chi connectivity index (χ4n) is 3.39. The maximum absolute atomic E-state index is 11.8. The molecule has 0 spiro atoms. The molecule has 3 rings (SSSR count). The Kier molecular flexibility index (Phi) is 7.41. The van der Waals surface area contributed by atoms with Crippen LogP contribution in [0.25, 0.3) is 0 Å². The van der Waals surface area contributed by atoms with Gasteiger partial charge >= 0.3 is 0 Å². The van der Waals surface area contributed by atoms with Gasteiger partial charge < -0.3 is 14.8 Å². The quantitative estimate of drug-likeness (QED) is 0.608. The van der Waals surface area contributed by atoms with Crippen LogP contribution in [0.3, 0.4) is 0 Å². The zero-order chi connectivity index (χ0) is 20.0. The molecule has 0 saturated carbocycles. The molecule has 0 radical (unpaired) electrons. The smallest absolute Gasteiger partial charge is 0.224 e. The first kappa shape index (κ1) is 21.2. The second kappa shape index (κ2) is 9.79. The van der Waals surface area contributed by atoms with Gasteiger partial charge in [0.25, 0.3) is 0 Å². The standard InChI is InChI=1S/C22H26ClNO3S/c1-3-5-21(25)24-20-9-8-18(15-19(20)23)28-17-7-4-6-16(14-17)22(26-2)10-12-27-13-11-22/h4,6-9,14-15H,3,5,10-13H2,1-2H3,(H,24,25). The van der Waals surface area contributed by atoms with Gasteiger partial charge in [-0.1, -0.05) is 42.4 Å². The van der Waals surface area contributed by atoms with Gasteiger partial charge in [0, 0.05) is 49.4 Å². The van der Waals surface area contributed by atoms with Crippen LogP contribution < -0.4 is 5.32 Å². The van der Waals surface area contributed by atoms with Crippen molar-refractivity contribution in [3.05, 3.63) is 53.1 Å². The minimum absolute atomic E-state index is 0.0150. The summed E-state index contributed by atoms with van der Waals surface area (Å²) in [4.78, 5) is 13.9. The van der Waals surface area contributed by atoms with Crippen molar-refractivity contribution in [2.75, 3.05) is 25.6 Å². The zero-order valence-corrected chi connectivity index (χ0v) is 17.9. The molecule has 150 valence electrons. The van der Waals surface area contributed by atoms with Gasteiger partial charge in [0.1, 0.15) is 0 Å². The van der Waals surface area contributed by atoms with E-state index in [1.165, 1.54) is 5.56 Å². The number of carbonyl (C=O) groups excluding carboxylic acids is 1. The molecule has 1 saturated heterocycles. The summed E-state index contributed by atoms with van der Waals surface area (Å²) in [5.74, 6) is -0.0150. The number of benzene rings is 2. The normalized spacial score (nSPS) is 16.0. The minimum atomic E-state index is -0.278. The van der Waals surface area contributed by atoms with Crippen LogP contribution in [0, 0.1) is 0 Å². The van der Waals surface area contributed by atoms with Crippen molar-refractivity contribution < 1.29 is 14.3 Å². The number of hydrogen-bond donors (Lipinski definition) is 1. The average molecular weight is 420 g/mol. The summed E-state index contributed by atoms with van der Waals surface area (Å²) in [6.07, 6.45) is 3.01. The number of nitrogens with one attached hydrogen (secondary N) is 1. The van der Waals surface area contributed by atoms with E-state index in [0.29, 0.717) is 30.3 Å². The molecule has 0 bridgehead atoms. The third-order valence-electron chi connectivity index (χ3n) is 4.98. The van der Waals surface area contributed by atoms with E-state index in [1.807, 2.05) is 25.1 Å². The Bertz CT molecular complexity index is 821. The zero-order valence-electron chi connectivity index (χ0n) is 16.3. The van der Waals surface area contributed by atoms with Crippen LogP contribution in [0.15, 0.2) is 52.3 Å². The molecule has 1 aliphatic heterocycles. The molecular weight excluding hydrogens is 394 g/mol. The summed E-state index contributed by atoms with van der Waals surface area (Å²) in [5.41, 5.74) is 1.55. The Hall–Kier alpha value is -1.53. The summed E-state index contributed by atoms with van der Waals surface area (Å²) in [6, 6.07) is 14.2. The molecule has 0 unspecified atom stereocenters. The highest BCUT2D eigenvalue weighted by molar-refractivity contribution is 7.99. The minimum Gasteiger partial charge on any atom is -0.381 e. The first-order valence-electron chi connectivity index (χ1n) is 9.57. The van der Waals surface area contributed by atoms with Crippen LogP contribution in [-0.2, 0) is 19.9 Å². The third kappa shape index (κ3) is 5.09. The Morgan fingerprint density at radius 1 is 1.21 bits per heavy atom. The lowest BCUT2D eigenvalue weighted by Crippen LogP contribution is -2.35. The van der Waals surface area contributed by atoms with E-state index in [-0.39, 0.29) is 11.5 Å². The number of carbonyl (C=O) groups is 1. The molecule has 1 N–H and O–H groups in total. The summed E-state index contributed by atoms with van der Waals surface area (Å²) < 4.78 is 11.4. The van der Waals surface area contributed by atoms with E-state index < -0.39 is 0 Å². The highest BCUT2D eigenvalue weighted by atomic mass is 35.5. The second-order valence-corrected chi connectivity index (χ2v) is 8.43. The number of amides is 1. The van der Waals surface area contributed by atoms with E-state index in [2.05, 4.69) is 29.6 Å². The Morgan fingerprint density at radius 2 is 1.96 bits per heavy atom. The number of methoxy groups -OCH3 is 1. The lowest BCUT2D eigenvalue weighted by Gasteiger charge is -2.36. The Labute approximate surface area is 175 Å². The Morgan fingerprint density at radius 3 is 2.64 bits per heavy atom. The number of rotatable bonds is 7. The predicted octanol–water partition coefficient (Wildman–Crippen LogP) is 5.88. The van der Waals surface area contributed by atoms with Crippen molar-refractivity contribution in [2.45, 2.75) is 48.0 Å². The molecule has 1 amide bonds. The molecular formula is C22H26ClNO3S. The van der Waals surface area contributed by atoms with E-state index >= 15 is 0 Å². The predicted molar refractivity (Wildman–Crippen MR) is 114 cm³/mol. The highest BCUT2D eigenvalue weighted by Crippen LogP contribution is 2.39. The van der Waals surface area contributed by atoms with Crippen molar-refractivity contribution in [1.29, 1.82) is 0 Å². The molecule has 4 nitrogen and oxygen atoms in total. The van der Waals surface area contributed by atoms with E-state index in [4.69, 9.17) is 21.1 Å². The molecule has 0 atom stereocenters. The maximum atomic E-state index is 11.8. The average Bonchev–Trinajstić information content (AvgIpc) is 2.71. The van der Waals surface area contributed by atoms with Gasteiger partial charge in [0.05, 0.1) is 16.3 Å². The van der Waals surface area contributed by atoms with Crippen molar-refractivity contribution in [3.8, 4) is 0 Å². The highest BCUT2D eigenvalue weighted by Gasteiger charge is 2.34. The van der Waals surface area contributed by atoms with Gasteiger partial charge in [-0.3, -0.25) is 4.79 Å².